The largest absolute Gasteiger partial charge is 0.352 e. The third kappa shape index (κ3) is 5.31. The molecule has 0 heterocycles. The maximum Gasteiger partial charge on any atom is 0.239 e. The van der Waals surface area contributed by atoms with Crippen molar-refractivity contribution in [2.24, 2.45) is 0 Å². The van der Waals surface area contributed by atoms with Crippen LogP contribution in [0.15, 0.2) is 29.2 Å². The van der Waals surface area contributed by atoms with Gasteiger partial charge in [0, 0.05) is 17.5 Å². The zero-order valence-electron chi connectivity index (χ0n) is 11.8. The van der Waals surface area contributed by atoms with Crippen LogP contribution < -0.4 is 10.6 Å². The van der Waals surface area contributed by atoms with Gasteiger partial charge in [0.05, 0.1) is 17.2 Å². The maximum atomic E-state index is 12.1. The van der Waals surface area contributed by atoms with Crippen molar-refractivity contribution in [3.63, 3.8) is 0 Å². The highest BCUT2D eigenvalue weighted by molar-refractivity contribution is 7.91. The number of benzene rings is 1. The van der Waals surface area contributed by atoms with Crippen molar-refractivity contribution in [2.75, 3.05) is 12.3 Å². The number of carbonyl (C=O) groups excluding carboxylic acids is 2. The molecule has 1 aromatic rings. The molecule has 0 bridgehead atoms. The van der Waals surface area contributed by atoms with Crippen LogP contribution in [0.3, 0.4) is 0 Å². The third-order valence-electron chi connectivity index (χ3n) is 3.14. The molecule has 1 aliphatic rings. The van der Waals surface area contributed by atoms with E-state index in [1.165, 1.54) is 18.2 Å². The molecule has 8 heteroatoms. The van der Waals surface area contributed by atoms with Gasteiger partial charge in [-0.25, -0.2) is 8.42 Å². The molecule has 22 heavy (non-hydrogen) atoms. The van der Waals surface area contributed by atoms with Crippen molar-refractivity contribution in [1.29, 1.82) is 0 Å². The second-order valence-electron chi connectivity index (χ2n) is 5.14. The summed E-state index contributed by atoms with van der Waals surface area (Å²) in [5.41, 5.74) is 0. The van der Waals surface area contributed by atoms with Crippen molar-refractivity contribution in [3.8, 4) is 0 Å². The van der Waals surface area contributed by atoms with Crippen molar-refractivity contribution in [3.05, 3.63) is 29.3 Å². The Morgan fingerprint density at radius 2 is 1.95 bits per heavy atom. The molecule has 0 spiro atoms. The fraction of sp³-hybridized carbons (Fsp3) is 0.429. The summed E-state index contributed by atoms with van der Waals surface area (Å²) in [5, 5.41) is 5.46. The molecule has 0 aromatic heterocycles. The smallest absolute Gasteiger partial charge is 0.239 e. The van der Waals surface area contributed by atoms with Crippen LogP contribution in [0.1, 0.15) is 19.3 Å². The van der Waals surface area contributed by atoms with Gasteiger partial charge in [-0.15, -0.1) is 0 Å². The monoisotopic (exact) mass is 344 g/mol. The first-order chi connectivity index (χ1) is 10.4. The average molecular weight is 345 g/mol. The summed E-state index contributed by atoms with van der Waals surface area (Å²) in [6, 6.07) is 6.12. The molecular weight excluding hydrogens is 328 g/mol. The molecule has 2 rings (SSSR count). The Kier molecular flexibility index (Phi) is 5.42. The van der Waals surface area contributed by atoms with Gasteiger partial charge in [0.1, 0.15) is 0 Å². The quantitative estimate of drug-likeness (QED) is 0.768. The first kappa shape index (κ1) is 16.8. The lowest BCUT2D eigenvalue weighted by molar-refractivity contribution is -0.125. The van der Waals surface area contributed by atoms with Crippen LogP contribution in [-0.2, 0) is 19.4 Å². The van der Waals surface area contributed by atoms with Gasteiger partial charge in [0.15, 0.2) is 9.84 Å². The summed E-state index contributed by atoms with van der Waals surface area (Å²) in [5.74, 6) is -1.06. The van der Waals surface area contributed by atoms with Crippen molar-refractivity contribution in [1.82, 2.24) is 10.6 Å². The van der Waals surface area contributed by atoms with Crippen LogP contribution in [0.2, 0.25) is 5.02 Å². The van der Waals surface area contributed by atoms with E-state index in [0.717, 1.165) is 12.8 Å². The molecule has 0 saturated heterocycles. The van der Waals surface area contributed by atoms with Crippen LogP contribution in [0.5, 0.6) is 0 Å². The van der Waals surface area contributed by atoms with Crippen LogP contribution >= 0.6 is 11.6 Å². The fourth-order valence-electron chi connectivity index (χ4n) is 1.78. The molecule has 1 aliphatic carbocycles. The van der Waals surface area contributed by atoms with E-state index in [1.54, 1.807) is 6.07 Å². The van der Waals surface area contributed by atoms with Gasteiger partial charge >= 0.3 is 0 Å². The molecule has 0 atom stereocenters. The van der Waals surface area contributed by atoms with Gasteiger partial charge in [-0.3, -0.25) is 9.59 Å². The first-order valence-electron chi connectivity index (χ1n) is 6.91. The van der Waals surface area contributed by atoms with Crippen LogP contribution in [0.4, 0.5) is 0 Å². The summed E-state index contributed by atoms with van der Waals surface area (Å²) >= 11 is 5.76. The molecule has 2 amide bonds. The van der Waals surface area contributed by atoms with E-state index in [1.807, 2.05) is 0 Å². The standard InChI is InChI=1S/C14H17ClN2O4S/c15-10-2-1-3-12(8-10)22(20,21)7-6-13(18)16-9-14(19)17-11-4-5-11/h1-3,8,11H,4-7,9H2,(H,16,18)(H,17,19). The lowest BCUT2D eigenvalue weighted by atomic mass is 10.4. The molecule has 6 nitrogen and oxygen atoms in total. The van der Waals surface area contributed by atoms with Crippen molar-refractivity contribution >= 4 is 33.3 Å². The number of sulfone groups is 1. The van der Waals surface area contributed by atoms with Crippen LogP contribution in [0.25, 0.3) is 0 Å². The van der Waals surface area contributed by atoms with Gasteiger partial charge in [-0.1, -0.05) is 17.7 Å². The van der Waals surface area contributed by atoms with Crippen molar-refractivity contribution < 1.29 is 18.0 Å². The number of hydrogen-bond acceptors (Lipinski definition) is 4. The summed E-state index contributed by atoms with van der Waals surface area (Å²) in [7, 11) is -3.57. The summed E-state index contributed by atoms with van der Waals surface area (Å²) < 4.78 is 24.1. The van der Waals surface area contributed by atoms with E-state index >= 15 is 0 Å². The van der Waals surface area contributed by atoms with Gasteiger partial charge in [0.25, 0.3) is 0 Å². The third-order valence-corrected chi connectivity index (χ3v) is 5.09. The summed E-state index contributed by atoms with van der Waals surface area (Å²) in [4.78, 5) is 23.1. The lowest BCUT2D eigenvalue weighted by Crippen LogP contribution is -2.38. The van der Waals surface area contributed by atoms with Crippen LogP contribution in [-0.4, -0.2) is 38.6 Å². The molecule has 1 aromatic carbocycles. The SMILES string of the molecule is O=C(CCS(=O)(=O)c1cccc(Cl)c1)NCC(=O)NC1CC1. The molecule has 1 fully saturated rings. The Balaban J connectivity index is 1.78. The van der Waals surface area contributed by atoms with Gasteiger partial charge < -0.3 is 10.6 Å². The van der Waals surface area contributed by atoms with E-state index in [9.17, 15) is 18.0 Å². The Labute approximate surface area is 134 Å². The van der Waals surface area contributed by atoms with Gasteiger partial charge in [-0.2, -0.15) is 0 Å². The second-order valence-corrected chi connectivity index (χ2v) is 7.69. The minimum atomic E-state index is -3.57. The van der Waals surface area contributed by atoms with E-state index in [2.05, 4.69) is 10.6 Å². The predicted molar refractivity (Wildman–Crippen MR) is 82.3 cm³/mol. The summed E-state index contributed by atoms with van der Waals surface area (Å²) in [6.07, 6.45) is 1.74. The van der Waals surface area contributed by atoms with Crippen LogP contribution in [0, 0.1) is 0 Å². The first-order valence-corrected chi connectivity index (χ1v) is 8.94. The number of rotatable bonds is 7. The highest BCUT2D eigenvalue weighted by Crippen LogP contribution is 2.18. The molecule has 0 radical (unpaired) electrons. The Bertz CT molecular complexity index is 671. The van der Waals surface area contributed by atoms with E-state index in [4.69, 9.17) is 11.6 Å². The normalized spacial score (nSPS) is 14.4. The minimum Gasteiger partial charge on any atom is -0.352 e. The van der Waals surface area contributed by atoms with Gasteiger partial charge in [-0.05, 0) is 31.0 Å². The predicted octanol–water partition coefficient (Wildman–Crippen LogP) is 0.899. The van der Waals surface area contributed by atoms with Crippen molar-refractivity contribution in [2.45, 2.75) is 30.2 Å². The summed E-state index contributed by atoms with van der Waals surface area (Å²) in [6.45, 7) is -0.132. The number of halogens is 1. The molecule has 0 unspecified atom stereocenters. The number of carbonyl (C=O) groups is 2. The maximum absolute atomic E-state index is 12.1. The molecule has 120 valence electrons. The van der Waals surface area contributed by atoms with E-state index < -0.39 is 15.7 Å². The zero-order valence-corrected chi connectivity index (χ0v) is 13.4. The number of hydrogen-bond donors (Lipinski definition) is 2. The van der Waals surface area contributed by atoms with Gasteiger partial charge in [0.2, 0.25) is 11.8 Å². The lowest BCUT2D eigenvalue weighted by Gasteiger charge is -2.07. The topological polar surface area (TPSA) is 92.3 Å². The zero-order chi connectivity index (χ0) is 16.2. The second kappa shape index (κ2) is 7.11. The van der Waals surface area contributed by atoms with E-state index in [-0.39, 0.29) is 35.6 Å². The number of amides is 2. The molecular formula is C14H17ClN2O4S. The highest BCUT2D eigenvalue weighted by atomic mass is 35.5. The molecule has 0 aliphatic heterocycles. The highest BCUT2D eigenvalue weighted by Gasteiger charge is 2.23. The minimum absolute atomic E-state index is 0.0827. The Hall–Kier alpha value is -1.60. The fourth-order valence-corrected chi connectivity index (χ4v) is 3.32. The average Bonchev–Trinajstić information content (AvgIpc) is 3.27. The molecule has 2 N–H and O–H groups in total. The number of nitrogens with one attached hydrogen (secondary N) is 2. The molecule has 1 saturated carbocycles. The Morgan fingerprint density at radius 1 is 1.23 bits per heavy atom. The Morgan fingerprint density at radius 3 is 2.59 bits per heavy atom. The van der Waals surface area contributed by atoms with E-state index in [0.29, 0.717) is 5.02 Å².